The Bertz CT molecular complexity index is 348. The second kappa shape index (κ2) is 5.50. The minimum Gasteiger partial charge on any atom is -0.477 e. The molecule has 0 saturated carbocycles. The number of carboxylic acid groups (broad SMARTS) is 1. The van der Waals surface area contributed by atoms with Crippen molar-refractivity contribution in [1.29, 1.82) is 0 Å². The lowest BCUT2D eigenvalue weighted by Gasteiger charge is -2.15. The van der Waals surface area contributed by atoms with Crippen molar-refractivity contribution < 1.29 is 14.6 Å². The van der Waals surface area contributed by atoms with Crippen LogP contribution >= 0.6 is 22.6 Å². The molecule has 1 unspecified atom stereocenters. The van der Waals surface area contributed by atoms with Gasteiger partial charge in [0.25, 0.3) is 0 Å². The average Bonchev–Trinajstić information content (AvgIpc) is 2.57. The Morgan fingerprint density at radius 3 is 2.93 bits per heavy atom. The van der Waals surface area contributed by atoms with Crippen LogP contribution in [0.15, 0.2) is 12.3 Å². The highest BCUT2D eigenvalue weighted by molar-refractivity contribution is 14.1. The first-order chi connectivity index (χ1) is 7.06. The van der Waals surface area contributed by atoms with Gasteiger partial charge in [0.2, 0.25) is 0 Å². The van der Waals surface area contributed by atoms with Gasteiger partial charge in [0.05, 0.1) is 12.6 Å². The molecule has 5 heteroatoms. The number of rotatable bonds is 5. The van der Waals surface area contributed by atoms with E-state index in [0.29, 0.717) is 18.9 Å². The van der Waals surface area contributed by atoms with Crippen LogP contribution in [0.4, 0.5) is 0 Å². The van der Waals surface area contributed by atoms with E-state index in [1.807, 2.05) is 20.0 Å². The van der Waals surface area contributed by atoms with E-state index in [4.69, 9.17) is 9.84 Å². The van der Waals surface area contributed by atoms with Crippen LogP contribution in [0.2, 0.25) is 0 Å². The van der Waals surface area contributed by atoms with E-state index < -0.39 is 5.97 Å². The van der Waals surface area contributed by atoms with Gasteiger partial charge in [0.1, 0.15) is 5.69 Å². The van der Waals surface area contributed by atoms with Gasteiger partial charge in [-0.25, -0.2) is 4.79 Å². The van der Waals surface area contributed by atoms with Crippen molar-refractivity contribution in [3.8, 4) is 0 Å². The summed E-state index contributed by atoms with van der Waals surface area (Å²) in [4.78, 5) is 10.9. The number of carbonyl (C=O) groups is 1. The number of ether oxygens (including phenoxy) is 1. The monoisotopic (exact) mass is 323 g/mol. The van der Waals surface area contributed by atoms with E-state index in [2.05, 4.69) is 22.6 Å². The summed E-state index contributed by atoms with van der Waals surface area (Å²) in [6.07, 6.45) is 1.83. The molecule has 1 heterocycles. The molecule has 1 rings (SSSR count). The number of carboxylic acids is 1. The Hall–Kier alpha value is -0.560. The van der Waals surface area contributed by atoms with Crippen LogP contribution < -0.4 is 0 Å². The van der Waals surface area contributed by atoms with E-state index in [0.717, 1.165) is 3.57 Å². The van der Waals surface area contributed by atoms with E-state index in [-0.39, 0.29) is 6.04 Å². The second-order valence-electron chi connectivity index (χ2n) is 3.26. The number of halogens is 1. The zero-order valence-corrected chi connectivity index (χ0v) is 10.9. The average molecular weight is 323 g/mol. The van der Waals surface area contributed by atoms with Crippen molar-refractivity contribution in [2.75, 3.05) is 13.2 Å². The van der Waals surface area contributed by atoms with Crippen molar-refractivity contribution >= 4 is 28.6 Å². The van der Waals surface area contributed by atoms with E-state index >= 15 is 0 Å². The number of aromatic nitrogens is 1. The van der Waals surface area contributed by atoms with Crippen LogP contribution in [0.25, 0.3) is 0 Å². The molecule has 1 N–H and O–H groups in total. The Balaban J connectivity index is 2.86. The highest BCUT2D eigenvalue weighted by Crippen LogP contribution is 2.17. The zero-order valence-electron chi connectivity index (χ0n) is 8.74. The maximum absolute atomic E-state index is 10.9. The first kappa shape index (κ1) is 12.5. The third-order valence-corrected chi connectivity index (χ3v) is 2.66. The van der Waals surface area contributed by atoms with Gasteiger partial charge in [-0.2, -0.15) is 0 Å². The summed E-state index contributed by atoms with van der Waals surface area (Å²) < 4.78 is 7.94. The predicted molar refractivity (Wildman–Crippen MR) is 65.3 cm³/mol. The largest absolute Gasteiger partial charge is 0.477 e. The summed E-state index contributed by atoms with van der Waals surface area (Å²) in [6, 6.07) is 1.70. The third kappa shape index (κ3) is 3.20. The lowest BCUT2D eigenvalue weighted by Crippen LogP contribution is -2.16. The summed E-state index contributed by atoms with van der Waals surface area (Å²) in [7, 11) is 0. The third-order valence-electron chi connectivity index (χ3n) is 2.07. The minimum atomic E-state index is -0.902. The molecular weight excluding hydrogens is 309 g/mol. The molecule has 1 atom stereocenters. The molecule has 0 aliphatic carbocycles. The van der Waals surface area contributed by atoms with Crippen molar-refractivity contribution in [2.24, 2.45) is 0 Å². The zero-order chi connectivity index (χ0) is 11.4. The molecule has 1 aromatic heterocycles. The summed E-state index contributed by atoms with van der Waals surface area (Å²) in [5, 5.41) is 8.99. The molecular formula is C10H14INO3. The van der Waals surface area contributed by atoms with Gasteiger partial charge in [0, 0.05) is 16.4 Å². The van der Waals surface area contributed by atoms with Crippen LogP contribution in [0.3, 0.4) is 0 Å². The Labute approximate surface area is 102 Å². The molecule has 0 radical (unpaired) electrons. The Kier molecular flexibility index (Phi) is 4.59. The molecule has 0 bridgehead atoms. The van der Waals surface area contributed by atoms with Gasteiger partial charge in [0.15, 0.2) is 0 Å². The van der Waals surface area contributed by atoms with Crippen LogP contribution in [0, 0.1) is 3.57 Å². The predicted octanol–water partition coefficient (Wildman–Crippen LogP) is 2.39. The normalized spacial score (nSPS) is 12.7. The van der Waals surface area contributed by atoms with Gasteiger partial charge < -0.3 is 14.4 Å². The quantitative estimate of drug-likeness (QED) is 0.847. The fourth-order valence-electron chi connectivity index (χ4n) is 1.35. The molecule has 0 saturated heterocycles. The summed E-state index contributed by atoms with van der Waals surface area (Å²) >= 11 is 2.11. The minimum absolute atomic E-state index is 0.0413. The van der Waals surface area contributed by atoms with Crippen LogP contribution in [0.5, 0.6) is 0 Å². The van der Waals surface area contributed by atoms with Gasteiger partial charge in [-0.05, 0) is 42.5 Å². The summed E-state index contributed by atoms with van der Waals surface area (Å²) in [6.45, 7) is 5.04. The smallest absolute Gasteiger partial charge is 0.352 e. The molecule has 0 aliphatic heterocycles. The fourth-order valence-corrected chi connectivity index (χ4v) is 1.95. The van der Waals surface area contributed by atoms with Gasteiger partial charge in [-0.3, -0.25) is 0 Å². The molecule has 1 aromatic rings. The maximum atomic E-state index is 10.9. The molecule has 0 fully saturated rings. The van der Waals surface area contributed by atoms with Crippen LogP contribution in [-0.2, 0) is 4.74 Å². The molecule has 0 spiro atoms. The lowest BCUT2D eigenvalue weighted by atomic mass is 10.3. The lowest BCUT2D eigenvalue weighted by molar-refractivity contribution is 0.0674. The van der Waals surface area contributed by atoms with Gasteiger partial charge >= 0.3 is 5.97 Å². The number of aromatic carboxylic acids is 1. The van der Waals surface area contributed by atoms with E-state index in [1.165, 1.54) is 0 Å². The highest BCUT2D eigenvalue weighted by atomic mass is 127. The van der Waals surface area contributed by atoms with Crippen molar-refractivity contribution in [1.82, 2.24) is 4.57 Å². The first-order valence-corrected chi connectivity index (χ1v) is 5.82. The van der Waals surface area contributed by atoms with Gasteiger partial charge in [-0.15, -0.1) is 0 Å². The van der Waals surface area contributed by atoms with Crippen molar-refractivity contribution in [3.05, 3.63) is 21.5 Å². The molecule has 84 valence electrons. The van der Waals surface area contributed by atoms with Crippen molar-refractivity contribution in [3.63, 3.8) is 0 Å². The SMILES string of the molecule is CCOCC(C)n1cc(I)cc1C(=O)O. The topological polar surface area (TPSA) is 51.5 Å². The number of hydrogen-bond donors (Lipinski definition) is 1. The van der Waals surface area contributed by atoms with E-state index in [9.17, 15) is 4.79 Å². The molecule has 15 heavy (non-hydrogen) atoms. The Morgan fingerprint density at radius 2 is 2.40 bits per heavy atom. The Morgan fingerprint density at radius 1 is 1.73 bits per heavy atom. The van der Waals surface area contributed by atoms with E-state index in [1.54, 1.807) is 10.6 Å². The first-order valence-electron chi connectivity index (χ1n) is 4.74. The second-order valence-corrected chi connectivity index (χ2v) is 4.51. The maximum Gasteiger partial charge on any atom is 0.352 e. The molecule has 4 nitrogen and oxygen atoms in total. The summed E-state index contributed by atoms with van der Waals surface area (Å²) in [5.74, 6) is -0.902. The highest BCUT2D eigenvalue weighted by Gasteiger charge is 2.15. The molecule has 0 amide bonds. The number of nitrogens with zero attached hydrogens (tertiary/aromatic N) is 1. The van der Waals surface area contributed by atoms with Crippen molar-refractivity contribution in [2.45, 2.75) is 19.9 Å². The van der Waals surface area contributed by atoms with Crippen LogP contribution in [-0.4, -0.2) is 28.9 Å². The standard InChI is InChI=1S/C10H14INO3/c1-3-15-6-7(2)12-5-8(11)4-9(12)10(13)14/h4-5,7H,3,6H2,1-2H3,(H,13,14). The summed E-state index contributed by atoms with van der Waals surface area (Å²) in [5.41, 5.74) is 0.312. The molecule has 0 aromatic carbocycles. The van der Waals surface area contributed by atoms with Gasteiger partial charge in [-0.1, -0.05) is 0 Å². The fraction of sp³-hybridized carbons (Fsp3) is 0.500. The van der Waals surface area contributed by atoms with Crippen LogP contribution in [0.1, 0.15) is 30.4 Å². The molecule has 0 aliphatic rings. The number of hydrogen-bond acceptors (Lipinski definition) is 2.